The van der Waals surface area contributed by atoms with Crippen LogP contribution in [-0.4, -0.2) is 85.0 Å². The topological polar surface area (TPSA) is 53.1 Å². The number of piperidine rings is 2. The summed E-state index contributed by atoms with van der Waals surface area (Å²) in [7, 11) is 0. The van der Waals surface area contributed by atoms with Crippen molar-refractivity contribution in [3.05, 3.63) is 0 Å². The Kier molecular flexibility index (Phi) is 6.50. The molecule has 29 heavy (non-hydrogen) atoms. The molecule has 2 amide bonds. The summed E-state index contributed by atoms with van der Waals surface area (Å²) in [6, 6.07) is 0.583. The second-order valence-electron chi connectivity index (χ2n) is 9.63. The van der Waals surface area contributed by atoms with Crippen LogP contribution in [0.2, 0.25) is 0 Å². The van der Waals surface area contributed by atoms with E-state index in [2.05, 4.69) is 23.6 Å². The first-order valence-electron chi connectivity index (χ1n) is 12.0. The lowest BCUT2D eigenvalue weighted by atomic mass is 9.92. The van der Waals surface area contributed by atoms with E-state index in [9.17, 15) is 9.59 Å². The normalized spacial score (nSPS) is 29.1. The molecule has 0 unspecified atom stereocenters. The zero-order chi connectivity index (χ0) is 20.4. The molecule has 3 aliphatic heterocycles. The summed E-state index contributed by atoms with van der Waals surface area (Å²) >= 11 is 0. The van der Waals surface area contributed by atoms with Crippen molar-refractivity contribution >= 4 is 11.8 Å². The largest absolute Gasteiger partial charge is 0.378 e. The standard InChI is InChI=1S/C23H39N3O3/c1-3-23(4-2)17-20(23)22(28)25-11-7-19(8-12-25)24-9-5-18(6-10-24)21(27)26-13-15-29-16-14-26/h18-20H,3-17H2,1-2H3/t20-/m1/s1. The fraction of sp³-hybridized carbons (Fsp3) is 0.913. The van der Waals surface area contributed by atoms with E-state index in [1.54, 1.807) is 0 Å². The van der Waals surface area contributed by atoms with Gasteiger partial charge in [0.25, 0.3) is 0 Å². The van der Waals surface area contributed by atoms with Crippen LogP contribution in [0.25, 0.3) is 0 Å². The van der Waals surface area contributed by atoms with Gasteiger partial charge in [-0.05, 0) is 63.5 Å². The van der Waals surface area contributed by atoms with E-state index in [1.165, 1.54) is 0 Å². The second kappa shape index (κ2) is 8.93. The minimum absolute atomic E-state index is 0.192. The maximum Gasteiger partial charge on any atom is 0.226 e. The van der Waals surface area contributed by atoms with Crippen LogP contribution in [0, 0.1) is 17.3 Å². The van der Waals surface area contributed by atoms with Crippen molar-refractivity contribution < 1.29 is 14.3 Å². The minimum atomic E-state index is 0.192. The van der Waals surface area contributed by atoms with E-state index in [4.69, 9.17) is 4.74 Å². The van der Waals surface area contributed by atoms with Gasteiger partial charge in [0.2, 0.25) is 11.8 Å². The number of hydrogen-bond acceptors (Lipinski definition) is 4. The first kappa shape index (κ1) is 21.1. The molecule has 3 heterocycles. The predicted octanol–water partition coefficient (Wildman–Crippen LogP) is 2.37. The van der Waals surface area contributed by atoms with Gasteiger partial charge in [-0.15, -0.1) is 0 Å². The SMILES string of the molecule is CCC1(CC)C[C@@H]1C(=O)N1CCC(N2CCC(C(=O)N3CCOCC3)CC2)CC1. The number of likely N-dealkylation sites (tertiary alicyclic amines) is 2. The molecule has 1 aliphatic carbocycles. The van der Waals surface area contributed by atoms with Gasteiger partial charge in [-0.2, -0.15) is 0 Å². The first-order chi connectivity index (χ1) is 14.1. The highest BCUT2D eigenvalue weighted by atomic mass is 16.5. The van der Waals surface area contributed by atoms with Crippen molar-refractivity contribution in [2.45, 2.75) is 64.8 Å². The summed E-state index contributed by atoms with van der Waals surface area (Å²) in [6.07, 6.45) is 7.50. The van der Waals surface area contributed by atoms with E-state index < -0.39 is 0 Å². The Labute approximate surface area is 175 Å². The van der Waals surface area contributed by atoms with Gasteiger partial charge in [0.1, 0.15) is 0 Å². The number of nitrogens with zero attached hydrogens (tertiary/aromatic N) is 3. The van der Waals surface area contributed by atoms with Crippen LogP contribution in [0.1, 0.15) is 58.8 Å². The quantitative estimate of drug-likeness (QED) is 0.705. The van der Waals surface area contributed by atoms with Crippen LogP contribution in [0.3, 0.4) is 0 Å². The smallest absolute Gasteiger partial charge is 0.226 e. The molecule has 1 saturated carbocycles. The lowest BCUT2D eigenvalue weighted by molar-refractivity contribution is -0.142. The lowest BCUT2D eigenvalue weighted by Gasteiger charge is -2.42. The van der Waals surface area contributed by atoms with Crippen molar-refractivity contribution in [2.24, 2.45) is 17.3 Å². The average Bonchev–Trinajstić information content (AvgIpc) is 3.54. The Balaban J connectivity index is 1.20. The fourth-order valence-corrected chi connectivity index (χ4v) is 5.95. The first-order valence-corrected chi connectivity index (χ1v) is 12.0. The van der Waals surface area contributed by atoms with Gasteiger partial charge < -0.3 is 19.4 Å². The highest BCUT2D eigenvalue weighted by Gasteiger charge is 2.56. The molecule has 4 aliphatic rings. The molecule has 1 atom stereocenters. The highest BCUT2D eigenvalue weighted by Crippen LogP contribution is 2.58. The molecule has 6 nitrogen and oxygen atoms in total. The molecule has 6 heteroatoms. The summed E-state index contributed by atoms with van der Waals surface area (Å²) in [4.78, 5) is 32.4. The van der Waals surface area contributed by atoms with Gasteiger partial charge in [0, 0.05) is 44.1 Å². The molecule has 0 aromatic heterocycles. The number of hydrogen-bond donors (Lipinski definition) is 0. The number of amides is 2. The summed E-state index contributed by atoms with van der Waals surface area (Å²) in [6.45, 7) is 11.2. The number of carbonyl (C=O) groups excluding carboxylic acids is 2. The summed E-state index contributed by atoms with van der Waals surface area (Å²) in [5, 5.41) is 0. The van der Waals surface area contributed by atoms with Crippen molar-refractivity contribution in [1.82, 2.24) is 14.7 Å². The Hall–Kier alpha value is -1.14. The van der Waals surface area contributed by atoms with Crippen molar-refractivity contribution in [2.75, 3.05) is 52.5 Å². The van der Waals surface area contributed by atoms with Crippen LogP contribution in [-0.2, 0) is 14.3 Å². The molecule has 0 spiro atoms. The Morgan fingerprint density at radius 1 is 0.828 bits per heavy atom. The van der Waals surface area contributed by atoms with E-state index in [0.717, 1.165) is 84.2 Å². The van der Waals surface area contributed by atoms with Crippen molar-refractivity contribution in [3.63, 3.8) is 0 Å². The Morgan fingerprint density at radius 2 is 1.41 bits per heavy atom. The minimum Gasteiger partial charge on any atom is -0.378 e. The van der Waals surface area contributed by atoms with Crippen LogP contribution >= 0.6 is 0 Å². The molecule has 4 fully saturated rings. The number of rotatable bonds is 5. The molecule has 0 bridgehead atoms. The molecular weight excluding hydrogens is 366 g/mol. The molecule has 4 rings (SSSR count). The molecule has 3 saturated heterocycles. The molecule has 164 valence electrons. The molecular formula is C23H39N3O3. The van der Waals surface area contributed by atoms with E-state index in [0.29, 0.717) is 36.5 Å². The molecule has 0 N–H and O–H groups in total. The summed E-state index contributed by atoms with van der Waals surface area (Å²) in [5.74, 6) is 1.24. The third kappa shape index (κ3) is 4.34. The monoisotopic (exact) mass is 405 g/mol. The molecule has 0 aromatic rings. The van der Waals surface area contributed by atoms with Crippen LogP contribution < -0.4 is 0 Å². The van der Waals surface area contributed by atoms with E-state index in [1.807, 2.05) is 4.90 Å². The summed E-state index contributed by atoms with van der Waals surface area (Å²) in [5.41, 5.74) is 0.308. The van der Waals surface area contributed by atoms with Crippen molar-refractivity contribution in [3.8, 4) is 0 Å². The van der Waals surface area contributed by atoms with Crippen LogP contribution in [0.4, 0.5) is 0 Å². The second-order valence-corrected chi connectivity index (χ2v) is 9.63. The highest BCUT2D eigenvalue weighted by molar-refractivity contribution is 5.82. The van der Waals surface area contributed by atoms with Gasteiger partial charge in [0.05, 0.1) is 13.2 Å². The third-order valence-electron chi connectivity index (χ3n) is 8.39. The van der Waals surface area contributed by atoms with Gasteiger partial charge in [-0.3, -0.25) is 9.59 Å². The zero-order valence-corrected chi connectivity index (χ0v) is 18.4. The average molecular weight is 406 g/mol. The predicted molar refractivity (Wildman–Crippen MR) is 112 cm³/mol. The van der Waals surface area contributed by atoms with Gasteiger partial charge in [-0.1, -0.05) is 13.8 Å². The Bertz CT molecular complexity index is 584. The number of morpholine rings is 1. The van der Waals surface area contributed by atoms with Gasteiger partial charge in [0.15, 0.2) is 0 Å². The third-order valence-corrected chi connectivity index (χ3v) is 8.39. The molecule has 0 aromatic carbocycles. The van der Waals surface area contributed by atoms with Crippen LogP contribution in [0.5, 0.6) is 0 Å². The lowest BCUT2D eigenvalue weighted by Crippen LogP contribution is -2.51. The maximum atomic E-state index is 12.9. The van der Waals surface area contributed by atoms with E-state index >= 15 is 0 Å². The number of carbonyl (C=O) groups is 2. The van der Waals surface area contributed by atoms with Crippen molar-refractivity contribution in [1.29, 1.82) is 0 Å². The van der Waals surface area contributed by atoms with E-state index in [-0.39, 0.29) is 11.8 Å². The number of ether oxygens (including phenoxy) is 1. The summed E-state index contributed by atoms with van der Waals surface area (Å²) < 4.78 is 5.37. The Morgan fingerprint density at radius 3 is 1.97 bits per heavy atom. The fourth-order valence-electron chi connectivity index (χ4n) is 5.95. The van der Waals surface area contributed by atoms with Gasteiger partial charge in [-0.25, -0.2) is 0 Å². The van der Waals surface area contributed by atoms with Gasteiger partial charge >= 0.3 is 0 Å². The van der Waals surface area contributed by atoms with Crippen LogP contribution in [0.15, 0.2) is 0 Å². The maximum absolute atomic E-state index is 12.9. The zero-order valence-electron chi connectivity index (χ0n) is 18.4. The molecule has 0 radical (unpaired) electrons.